The van der Waals surface area contributed by atoms with E-state index < -0.39 is 36.1 Å². The van der Waals surface area contributed by atoms with Gasteiger partial charge in [-0.2, -0.15) is 13.2 Å². The number of amides is 1. The Morgan fingerprint density at radius 2 is 1.97 bits per heavy atom. The van der Waals surface area contributed by atoms with Crippen molar-refractivity contribution in [2.75, 3.05) is 18.5 Å². The fraction of sp³-hybridized carbons (Fsp3) is 0.600. The number of anilines is 1. The molecule has 3 aliphatic rings. The number of hydrogen-bond donors (Lipinski definition) is 1. The number of rotatable bonds is 5. The van der Waals surface area contributed by atoms with Gasteiger partial charge in [0.25, 0.3) is 0 Å². The maximum atomic E-state index is 12.9. The molecule has 13 heteroatoms. The summed E-state index contributed by atoms with van der Waals surface area (Å²) in [6.45, 7) is 0.406. The smallest absolute Gasteiger partial charge is 0.416 e. The van der Waals surface area contributed by atoms with E-state index >= 15 is 0 Å². The summed E-state index contributed by atoms with van der Waals surface area (Å²) < 4.78 is 57.5. The van der Waals surface area contributed by atoms with Gasteiger partial charge in [0, 0.05) is 10.9 Å². The SMILES string of the molecule is O=C(Nc1cccc(C(F)(F)F)c1)O[C@@H]1CO[C@H]2[C@@H]1OC[C@@H]2n1nnnc1SC1CCCC1. The molecular formula is C20H22F3N5O4S. The predicted molar refractivity (Wildman–Crippen MR) is 110 cm³/mol. The number of aromatic nitrogens is 4. The highest BCUT2D eigenvalue weighted by molar-refractivity contribution is 7.99. The Kier molecular flexibility index (Phi) is 6.18. The molecular weight excluding hydrogens is 463 g/mol. The van der Waals surface area contributed by atoms with Crippen molar-refractivity contribution in [1.29, 1.82) is 0 Å². The van der Waals surface area contributed by atoms with Gasteiger partial charge in [-0.05, 0) is 41.5 Å². The molecule has 2 saturated heterocycles. The number of thioether (sulfide) groups is 1. The average Bonchev–Trinajstić information content (AvgIpc) is 3.55. The van der Waals surface area contributed by atoms with Crippen molar-refractivity contribution in [3.63, 3.8) is 0 Å². The second kappa shape index (κ2) is 9.11. The van der Waals surface area contributed by atoms with E-state index in [1.54, 1.807) is 16.4 Å². The van der Waals surface area contributed by atoms with Gasteiger partial charge in [-0.25, -0.2) is 9.48 Å². The molecule has 33 heavy (non-hydrogen) atoms. The number of fused-ring (bicyclic) bond motifs is 1. The zero-order valence-electron chi connectivity index (χ0n) is 17.4. The first kappa shape index (κ1) is 22.4. The molecule has 0 unspecified atom stereocenters. The molecule has 2 aromatic rings. The summed E-state index contributed by atoms with van der Waals surface area (Å²) in [4.78, 5) is 12.3. The van der Waals surface area contributed by atoms with Crippen LogP contribution < -0.4 is 5.32 Å². The van der Waals surface area contributed by atoms with Crippen molar-refractivity contribution in [3.8, 4) is 0 Å². The van der Waals surface area contributed by atoms with Crippen molar-refractivity contribution >= 4 is 23.5 Å². The summed E-state index contributed by atoms with van der Waals surface area (Å²) in [6.07, 6.45) is -2.31. The second-order valence-electron chi connectivity index (χ2n) is 8.24. The summed E-state index contributed by atoms with van der Waals surface area (Å²) in [5, 5.41) is 15.6. The van der Waals surface area contributed by atoms with E-state index in [0.29, 0.717) is 17.0 Å². The van der Waals surface area contributed by atoms with Gasteiger partial charge in [-0.1, -0.05) is 30.7 Å². The first-order chi connectivity index (χ1) is 15.9. The Morgan fingerprint density at radius 3 is 2.76 bits per heavy atom. The van der Waals surface area contributed by atoms with Crippen molar-refractivity contribution in [2.24, 2.45) is 0 Å². The molecule has 1 amide bonds. The highest BCUT2D eigenvalue weighted by Crippen LogP contribution is 2.39. The van der Waals surface area contributed by atoms with E-state index in [2.05, 4.69) is 20.8 Å². The van der Waals surface area contributed by atoms with Gasteiger partial charge < -0.3 is 14.2 Å². The van der Waals surface area contributed by atoms with Gasteiger partial charge in [0.15, 0.2) is 6.10 Å². The Balaban J connectivity index is 1.20. The quantitative estimate of drug-likeness (QED) is 0.685. The number of halogens is 3. The molecule has 0 spiro atoms. The lowest BCUT2D eigenvalue weighted by Gasteiger charge is -2.18. The Bertz CT molecular complexity index is 1000. The van der Waals surface area contributed by atoms with Crippen LogP contribution in [0.15, 0.2) is 29.4 Å². The average molecular weight is 485 g/mol. The van der Waals surface area contributed by atoms with E-state index in [1.807, 2.05) is 0 Å². The molecule has 0 bridgehead atoms. The number of nitrogens with one attached hydrogen (secondary N) is 1. The number of carbonyl (C=O) groups excluding carboxylic acids is 1. The van der Waals surface area contributed by atoms with Gasteiger partial charge in [-0.3, -0.25) is 5.32 Å². The molecule has 5 rings (SSSR count). The number of carbonyl (C=O) groups is 1. The third-order valence-corrected chi connectivity index (χ3v) is 7.31. The van der Waals surface area contributed by atoms with Crippen molar-refractivity contribution in [3.05, 3.63) is 29.8 Å². The maximum Gasteiger partial charge on any atom is 0.416 e. The number of nitrogens with zero attached hydrogens (tertiary/aromatic N) is 4. The zero-order valence-corrected chi connectivity index (χ0v) is 18.2. The molecule has 1 aromatic carbocycles. The van der Waals surface area contributed by atoms with Gasteiger partial charge in [0.1, 0.15) is 18.2 Å². The topological polar surface area (TPSA) is 100 Å². The fourth-order valence-electron chi connectivity index (χ4n) is 4.44. The number of ether oxygens (including phenoxy) is 3. The molecule has 1 aliphatic carbocycles. The largest absolute Gasteiger partial charge is 0.441 e. The summed E-state index contributed by atoms with van der Waals surface area (Å²) in [5.74, 6) is 0. The van der Waals surface area contributed by atoms with Crippen LogP contribution in [0.3, 0.4) is 0 Å². The number of alkyl halides is 3. The standard InChI is InChI=1S/C20H22F3N5O4S/c21-20(22,23)11-4-3-5-12(8-11)24-19(29)32-15-10-31-16-14(9-30-17(15)16)28-18(25-26-27-28)33-13-6-1-2-7-13/h3-5,8,13-17H,1-2,6-7,9-10H2,(H,24,29)/t14-,15+,16+,17+/m0/s1. The zero-order chi connectivity index (χ0) is 23.0. The van der Waals surface area contributed by atoms with Crippen LogP contribution in [0.25, 0.3) is 0 Å². The minimum absolute atomic E-state index is 0.0159. The van der Waals surface area contributed by atoms with Crippen molar-refractivity contribution in [1.82, 2.24) is 20.2 Å². The molecule has 1 N–H and O–H groups in total. The molecule has 178 valence electrons. The molecule has 0 radical (unpaired) electrons. The molecule has 1 saturated carbocycles. The first-order valence-electron chi connectivity index (χ1n) is 10.7. The highest BCUT2D eigenvalue weighted by Gasteiger charge is 2.51. The Morgan fingerprint density at radius 1 is 1.18 bits per heavy atom. The number of benzene rings is 1. The van der Waals surface area contributed by atoms with E-state index in [9.17, 15) is 18.0 Å². The number of tetrazole rings is 1. The van der Waals surface area contributed by atoms with Crippen LogP contribution in [0.4, 0.5) is 23.7 Å². The first-order valence-corrected chi connectivity index (χ1v) is 11.6. The van der Waals surface area contributed by atoms with E-state index in [0.717, 1.165) is 25.0 Å². The highest BCUT2D eigenvalue weighted by atomic mass is 32.2. The van der Waals surface area contributed by atoms with Crippen LogP contribution in [0, 0.1) is 0 Å². The van der Waals surface area contributed by atoms with Gasteiger partial charge in [-0.15, -0.1) is 5.10 Å². The summed E-state index contributed by atoms with van der Waals surface area (Å²) >= 11 is 1.66. The summed E-state index contributed by atoms with van der Waals surface area (Å²) in [5.41, 5.74) is -0.878. The summed E-state index contributed by atoms with van der Waals surface area (Å²) in [6, 6.07) is 4.09. The molecule has 3 fully saturated rings. The third-order valence-electron chi connectivity index (χ3n) is 6.03. The Labute approximate surface area is 191 Å². The maximum absolute atomic E-state index is 12.9. The number of hydrogen-bond acceptors (Lipinski definition) is 8. The van der Waals surface area contributed by atoms with Crippen LogP contribution >= 0.6 is 11.8 Å². The predicted octanol–water partition coefficient (Wildman–Crippen LogP) is 3.68. The Hall–Kier alpha value is -2.38. The molecule has 9 nitrogen and oxygen atoms in total. The van der Waals surface area contributed by atoms with Crippen molar-refractivity contribution in [2.45, 2.75) is 66.6 Å². The lowest BCUT2D eigenvalue weighted by Crippen LogP contribution is -2.35. The van der Waals surface area contributed by atoms with Crippen LogP contribution in [0.2, 0.25) is 0 Å². The minimum atomic E-state index is -4.51. The molecule has 2 aliphatic heterocycles. The molecule has 3 heterocycles. The van der Waals surface area contributed by atoms with Crippen molar-refractivity contribution < 1.29 is 32.2 Å². The van der Waals surface area contributed by atoms with E-state index in [1.165, 1.54) is 25.0 Å². The molecule has 4 atom stereocenters. The normalized spacial score (nSPS) is 27.6. The third kappa shape index (κ3) is 4.80. The van der Waals surface area contributed by atoms with Gasteiger partial charge in [0.05, 0.1) is 18.8 Å². The second-order valence-corrected chi connectivity index (χ2v) is 9.51. The van der Waals surface area contributed by atoms with Crippen LogP contribution in [0.1, 0.15) is 37.3 Å². The fourth-order valence-corrected chi connectivity index (χ4v) is 5.67. The van der Waals surface area contributed by atoms with Gasteiger partial charge in [0.2, 0.25) is 5.16 Å². The monoisotopic (exact) mass is 485 g/mol. The lowest BCUT2D eigenvalue weighted by atomic mass is 10.1. The van der Waals surface area contributed by atoms with E-state index in [4.69, 9.17) is 14.2 Å². The molecule has 1 aromatic heterocycles. The van der Waals surface area contributed by atoms with Crippen LogP contribution in [0.5, 0.6) is 0 Å². The minimum Gasteiger partial charge on any atom is -0.441 e. The lowest BCUT2D eigenvalue weighted by molar-refractivity contribution is -0.137. The van der Waals surface area contributed by atoms with Crippen LogP contribution in [-0.4, -0.2) is 63.1 Å². The summed E-state index contributed by atoms with van der Waals surface area (Å²) in [7, 11) is 0. The van der Waals surface area contributed by atoms with Crippen LogP contribution in [-0.2, 0) is 20.4 Å². The van der Waals surface area contributed by atoms with E-state index in [-0.39, 0.29) is 18.3 Å². The van der Waals surface area contributed by atoms with Gasteiger partial charge >= 0.3 is 12.3 Å².